The number of benzene rings is 2. The number of ketones is 1. The zero-order chi connectivity index (χ0) is 22.9. The van der Waals surface area contributed by atoms with Gasteiger partial charge in [-0.15, -0.1) is 0 Å². The molecule has 2 heterocycles. The van der Waals surface area contributed by atoms with E-state index >= 15 is 0 Å². The molecule has 8 heteroatoms. The Morgan fingerprint density at radius 1 is 0.938 bits per heavy atom. The number of Topliss-reactive ketones (excluding diaryl/α,β-unsaturated/α-hetero) is 1. The number of rotatable bonds is 6. The van der Waals surface area contributed by atoms with Gasteiger partial charge in [-0.25, -0.2) is 12.8 Å². The van der Waals surface area contributed by atoms with Crippen molar-refractivity contribution in [2.24, 2.45) is 0 Å². The third-order valence-corrected chi connectivity index (χ3v) is 7.81. The number of aryl methyl sites for hydroxylation is 1. The van der Waals surface area contributed by atoms with Crippen LogP contribution in [0.4, 0.5) is 4.39 Å². The largest absolute Gasteiger partial charge is 0.318 e. The van der Waals surface area contributed by atoms with Crippen LogP contribution in [-0.4, -0.2) is 60.7 Å². The lowest BCUT2D eigenvalue weighted by Crippen LogP contribution is -2.49. The van der Waals surface area contributed by atoms with E-state index in [1.165, 1.54) is 16.4 Å². The smallest absolute Gasteiger partial charge is 0.243 e. The molecule has 1 aliphatic heterocycles. The predicted molar refractivity (Wildman–Crippen MR) is 121 cm³/mol. The molecule has 1 saturated heterocycles. The van der Waals surface area contributed by atoms with Crippen LogP contribution < -0.4 is 0 Å². The van der Waals surface area contributed by atoms with E-state index in [0.29, 0.717) is 18.7 Å². The van der Waals surface area contributed by atoms with E-state index in [-0.39, 0.29) is 30.3 Å². The van der Waals surface area contributed by atoms with Gasteiger partial charge in [0.2, 0.25) is 10.0 Å². The van der Waals surface area contributed by atoms with Crippen molar-refractivity contribution < 1.29 is 17.6 Å². The lowest BCUT2D eigenvalue weighted by molar-refractivity contribution is 0.0901. The van der Waals surface area contributed by atoms with Gasteiger partial charge in [0, 0.05) is 48.8 Å². The predicted octanol–water partition coefficient (Wildman–Crippen LogP) is 3.42. The Morgan fingerprint density at radius 2 is 1.56 bits per heavy atom. The second kappa shape index (κ2) is 8.97. The van der Waals surface area contributed by atoms with Crippen molar-refractivity contribution in [1.82, 2.24) is 13.8 Å². The topological polar surface area (TPSA) is 62.6 Å². The van der Waals surface area contributed by atoms with E-state index in [9.17, 15) is 17.6 Å². The number of sulfonamides is 1. The number of carbonyl (C=O) groups is 1. The molecule has 168 valence electrons. The summed E-state index contributed by atoms with van der Waals surface area (Å²) in [4.78, 5) is 15.1. The van der Waals surface area contributed by atoms with Crippen molar-refractivity contribution in [2.75, 3.05) is 32.7 Å². The van der Waals surface area contributed by atoms with Crippen molar-refractivity contribution in [3.63, 3.8) is 0 Å². The lowest BCUT2D eigenvalue weighted by atomic mass is 10.1. The molecule has 4 rings (SSSR count). The summed E-state index contributed by atoms with van der Waals surface area (Å²) in [5, 5.41) is 0. The van der Waals surface area contributed by atoms with Crippen LogP contribution in [0.2, 0.25) is 0 Å². The van der Waals surface area contributed by atoms with E-state index in [2.05, 4.69) is 4.57 Å². The highest BCUT2D eigenvalue weighted by atomic mass is 32.2. The van der Waals surface area contributed by atoms with E-state index in [4.69, 9.17) is 0 Å². The molecule has 0 atom stereocenters. The fourth-order valence-electron chi connectivity index (χ4n) is 4.19. The first-order valence-corrected chi connectivity index (χ1v) is 12.0. The molecule has 1 aromatic heterocycles. The molecular formula is C24H26FN3O3S. The molecule has 0 saturated carbocycles. The molecule has 0 radical (unpaired) electrons. The first kappa shape index (κ1) is 22.4. The second-order valence-electron chi connectivity index (χ2n) is 8.01. The van der Waals surface area contributed by atoms with Gasteiger partial charge < -0.3 is 4.57 Å². The van der Waals surface area contributed by atoms with Gasteiger partial charge in [-0.3, -0.25) is 9.69 Å². The molecule has 3 aromatic rings. The molecule has 0 spiro atoms. The number of hydrogen-bond donors (Lipinski definition) is 0. The molecule has 1 aliphatic rings. The van der Waals surface area contributed by atoms with Gasteiger partial charge in [0.25, 0.3) is 0 Å². The standard InChI is InChI=1S/C24H26FN3O3S/c1-18-16-23(19(2)28(18)21-6-4-3-5-7-21)24(29)17-26-12-14-27(15-13-26)32(30,31)22-10-8-20(25)9-11-22/h3-11,16H,12-15,17H2,1-2H3. The van der Waals surface area contributed by atoms with Crippen LogP contribution in [0.25, 0.3) is 5.69 Å². The molecule has 0 N–H and O–H groups in total. The monoisotopic (exact) mass is 455 g/mol. The number of halogens is 1. The third-order valence-electron chi connectivity index (χ3n) is 5.90. The SMILES string of the molecule is Cc1cc(C(=O)CN2CCN(S(=O)(=O)c3ccc(F)cc3)CC2)c(C)n1-c1ccccc1. The minimum Gasteiger partial charge on any atom is -0.318 e. The summed E-state index contributed by atoms with van der Waals surface area (Å²) in [5.74, 6) is -0.450. The summed E-state index contributed by atoms with van der Waals surface area (Å²) in [6.45, 7) is 5.67. The fourth-order valence-corrected chi connectivity index (χ4v) is 5.61. The van der Waals surface area contributed by atoms with Gasteiger partial charge in [0.15, 0.2) is 5.78 Å². The number of nitrogens with zero attached hydrogens (tertiary/aromatic N) is 3. The molecule has 1 fully saturated rings. The highest BCUT2D eigenvalue weighted by Gasteiger charge is 2.29. The quantitative estimate of drug-likeness (QED) is 0.535. The van der Waals surface area contributed by atoms with E-state index in [1.807, 2.05) is 55.1 Å². The maximum absolute atomic E-state index is 13.1. The Bertz CT molecular complexity index is 1210. The molecular weight excluding hydrogens is 429 g/mol. The maximum Gasteiger partial charge on any atom is 0.243 e. The number of para-hydroxylation sites is 1. The minimum atomic E-state index is -3.67. The third kappa shape index (κ3) is 4.39. The van der Waals surface area contributed by atoms with E-state index in [1.54, 1.807) is 0 Å². The number of hydrogen-bond acceptors (Lipinski definition) is 4. The van der Waals surface area contributed by atoms with Gasteiger partial charge in [-0.05, 0) is 56.3 Å². The lowest BCUT2D eigenvalue weighted by Gasteiger charge is -2.33. The van der Waals surface area contributed by atoms with Gasteiger partial charge in [-0.2, -0.15) is 4.31 Å². The Kier molecular flexibility index (Phi) is 6.28. The Balaban J connectivity index is 1.42. The normalized spacial score (nSPS) is 15.7. The fraction of sp³-hybridized carbons (Fsp3) is 0.292. The molecule has 0 bridgehead atoms. The number of aromatic nitrogens is 1. The molecule has 2 aromatic carbocycles. The van der Waals surface area contributed by atoms with Crippen molar-refractivity contribution >= 4 is 15.8 Å². The number of piperazine rings is 1. The van der Waals surface area contributed by atoms with Crippen molar-refractivity contribution in [1.29, 1.82) is 0 Å². The van der Waals surface area contributed by atoms with E-state index < -0.39 is 15.8 Å². The van der Waals surface area contributed by atoms with Crippen LogP contribution in [0, 0.1) is 19.7 Å². The van der Waals surface area contributed by atoms with Gasteiger partial charge >= 0.3 is 0 Å². The summed E-state index contributed by atoms with van der Waals surface area (Å²) < 4.78 is 42.2. The van der Waals surface area contributed by atoms with Crippen LogP contribution in [0.3, 0.4) is 0 Å². The van der Waals surface area contributed by atoms with E-state index in [0.717, 1.165) is 29.2 Å². The van der Waals surface area contributed by atoms with Crippen molar-refractivity contribution in [2.45, 2.75) is 18.7 Å². The summed E-state index contributed by atoms with van der Waals surface area (Å²) >= 11 is 0. The average molecular weight is 456 g/mol. The molecule has 0 unspecified atom stereocenters. The van der Waals surface area contributed by atoms with Crippen LogP contribution in [0.15, 0.2) is 65.6 Å². The maximum atomic E-state index is 13.1. The molecule has 32 heavy (non-hydrogen) atoms. The highest BCUT2D eigenvalue weighted by Crippen LogP contribution is 2.22. The Hall–Kier alpha value is -2.81. The van der Waals surface area contributed by atoms with Crippen molar-refractivity contribution in [3.05, 3.63) is 83.4 Å². The summed E-state index contributed by atoms with van der Waals surface area (Å²) in [7, 11) is -3.67. The zero-order valence-electron chi connectivity index (χ0n) is 18.2. The highest BCUT2D eigenvalue weighted by molar-refractivity contribution is 7.89. The molecule has 0 amide bonds. The van der Waals surface area contributed by atoms with Crippen LogP contribution in [0.5, 0.6) is 0 Å². The van der Waals surface area contributed by atoms with Crippen molar-refractivity contribution in [3.8, 4) is 5.69 Å². The van der Waals surface area contributed by atoms with Crippen LogP contribution in [-0.2, 0) is 10.0 Å². The first-order valence-electron chi connectivity index (χ1n) is 10.5. The summed E-state index contributed by atoms with van der Waals surface area (Å²) in [6.07, 6.45) is 0. The first-order chi connectivity index (χ1) is 15.3. The second-order valence-corrected chi connectivity index (χ2v) is 9.95. The van der Waals surface area contributed by atoms with Gasteiger partial charge in [0.1, 0.15) is 5.82 Å². The molecule has 6 nitrogen and oxygen atoms in total. The minimum absolute atomic E-state index is 0.0233. The zero-order valence-corrected chi connectivity index (χ0v) is 19.0. The Labute approximate surface area is 187 Å². The number of carbonyl (C=O) groups excluding carboxylic acids is 1. The molecule has 0 aliphatic carbocycles. The summed E-state index contributed by atoms with van der Waals surface area (Å²) in [5.41, 5.74) is 3.59. The van der Waals surface area contributed by atoms with Crippen LogP contribution >= 0.6 is 0 Å². The van der Waals surface area contributed by atoms with Crippen LogP contribution in [0.1, 0.15) is 21.7 Å². The Morgan fingerprint density at radius 3 is 2.19 bits per heavy atom. The average Bonchev–Trinajstić information content (AvgIpc) is 3.09. The van der Waals surface area contributed by atoms with Gasteiger partial charge in [-0.1, -0.05) is 18.2 Å². The summed E-state index contributed by atoms with van der Waals surface area (Å²) in [6, 6.07) is 16.7. The van der Waals surface area contributed by atoms with Gasteiger partial charge in [0.05, 0.1) is 11.4 Å².